The molecule has 2 aliphatic heterocycles. The average Bonchev–Trinajstić information content (AvgIpc) is 3.22. The van der Waals surface area contributed by atoms with E-state index in [0.717, 1.165) is 37.8 Å². The normalized spacial score (nSPS) is 19.6. The first-order valence-corrected chi connectivity index (χ1v) is 13.5. The van der Waals surface area contributed by atoms with Crippen LogP contribution in [0.4, 0.5) is 0 Å². The fraction of sp³-hybridized carbons (Fsp3) is 0.625. The number of piperidine rings is 2. The van der Waals surface area contributed by atoms with Gasteiger partial charge < -0.3 is 9.47 Å². The van der Waals surface area contributed by atoms with Gasteiger partial charge in [0, 0.05) is 32.2 Å². The van der Waals surface area contributed by atoms with Crippen molar-refractivity contribution in [3.05, 3.63) is 47.8 Å². The number of hydrogen-bond acceptors (Lipinski definition) is 5. The van der Waals surface area contributed by atoms with Gasteiger partial charge in [-0.25, -0.2) is 13.4 Å². The maximum absolute atomic E-state index is 12.7. The van der Waals surface area contributed by atoms with Gasteiger partial charge in [0.05, 0.1) is 17.6 Å². The summed E-state index contributed by atoms with van der Waals surface area (Å²) in [7, 11) is -3.35. The molecule has 0 saturated carbocycles. The van der Waals surface area contributed by atoms with Crippen molar-refractivity contribution < 1.29 is 8.42 Å². The highest BCUT2D eigenvalue weighted by atomic mass is 32.2. The van der Waals surface area contributed by atoms with Crippen LogP contribution >= 0.6 is 0 Å². The lowest BCUT2D eigenvalue weighted by Crippen LogP contribution is -2.46. The van der Waals surface area contributed by atoms with Gasteiger partial charge in [0.2, 0.25) is 15.0 Å². The highest BCUT2D eigenvalue weighted by molar-refractivity contribution is 7.91. The molecule has 0 spiro atoms. The number of imidazole rings is 1. The van der Waals surface area contributed by atoms with Crippen molar-refractivity contribution in [3.63, 3.8) is 0 Å². The van der Waals surface area contributed by atoms with Gasteiger partial charge >= 0.3 is 0 Å². The minimum Gasteiger partial charge on any atom is -0.317 e. The van der Waals surface area contributed by atoms with Crippen molar-refractivity contribution >= 4 is 9.84 Å². The zero-order valence-corrected chi connectivity index (χ0v) is 19.6. The Morgan fingerprint density at radius 2 is 1.71 bits per heavy atom. The molecule has 2 fully saturated rings. The van der Waals surface area contributed by atoms with Gasteiger partial charge in [0.25, 0.3) is 0 Å². The molecule has 0 radical (unpaired) electrons. The van der Waals surface area contributed by atoms with E-state index in [2.05, 4.69) is 26.9 Å². The molecule has 6 nitrogen and oxygen atoms in total. The van der Waals surface area contributed by atoms with Crippen LogP contribution in [0.3, 0.4) is 0 Å². The van der Waals surface area contributed by atoms with E-state index < -0.39 is 9.84 Å². The molecule has 0 atom stereocenters. The predicted octanol–water partition coefficient (Wildman–Crippen LogP) is 3.37. The lowest BCUT2D eigenvalue weighted by molar-refractivity contribution is 0.0885. The molecule has 2 aromatic rings. The number of benzene rings is 1. The number of aromatic nitrogens is 2. The van der Waals surface area contributed by atoms with Gasteiger partial charge in [0.15, 0.2) is 0 Å². The minimum absolute atomic E-state index is 0.0794. The lowest BCUT2D eigenvalue weighted by Gasteiger charge is -2.40. The molecule has 0 amide bonds. The first-order valence-electron chi connectivity index (χ1n) is 11.8. The van der Waals surface area contributed by atoms with Gasteiger partial charge in [0.1, 0.15) is 0 Å². The summed E-state index contributed by atoms with van der Waals surface area (Å²) in [5.74, 6) is 0.0794. The third kappa shape index (κ3) is 5.57. The smallest absolute Gasteiger partial charge is 0.227 e. The van der Waals surface area contributed by atoms with Gasteiger partial charge in [-0.15, -0.1) is 0 Å². The second-order valence-electron chi connectivity index (χ2n) is 8.93. The number of sulfone groups is 1. The van der Waals surface area contributed by atoms with Crippen molar-refractivity contribution in [2.45, 2.75) is 69.7 Å². The SMILES string of the molecule is CCS(=O)(=O)c1ncc(CN2CCC(N3CCCCC3)CC2)n1CCc1ccccc1. The van der Waals surface area contributed by atoms with E-state index in [4.69, 9.17) is 0 Å². The zero-order valence-electron chi connectivity index (χ0n) is 18.7. The predicted molar refractivity (Wildman–Crippen MR) is 124 cm³/mol. The van der Waals surface area contributed by atoms with E-state index in [-0.39, 0.29) is 10.9 Å². The van der Waals surface area contributed by atoms with Gasteiger partial charge in [-0.2, -0.15) is 0 Å². The van der Waals surface area contributed by atoms with Crippen molar-refractivity contribution in [1.29, 1.82) is 0 Å². The lowest BCUT2D eigenvalue weighted by atomic mass is 10.00. The Bertz CT molecular complexity index is 928. The number of rotatable bonds is 8. The highest BCUT2D eigenvalue weighted by Gasteiger charge is 2.27. The summed E-state index contributed by atoms with van der Waals surface area (Å²) in [6, 6.07) is 11.0. The van der Waals surface area contributed by atoms with Crippen molar-refractivity contribution in [3.8, 4) is 0 Å². The largest absolute Gasteiger partial charge is 0.317 e. The zero-order chi connectivity index (χ0) is 21.7. The monoisotopic (exact) mass is 444 g/mol. The summed E-state index contributed by atoms with van der Waals surface area (Å²) in [6.45, 7) is 7.76. The molecular formula is C24H36N4O2S. The molecule has 4 rings (SSSR count). The van der Waals surface area contributed by atoms with Crippen LogP contribution in [-0.2, 0) is 29.3 Å². The summed E-state index contributed by atoms with van der Waals surface area (Å²) < 4.78 is 27.3. The first kappa shape index (κ1) is 22.5. The van der Waals surface area contributed by atoms with Crippen molar-refractivity contribution in [2.24, 2.45) is 0 Å². The van der Waals surface area contributed by atoms with Gasteiger partial charge in [-0.05, 0) is 50.8 Å². The van der Waals surface area contributed by atoms with E-state index in [1.54, 1.807) is 13.1 Å². The van der Waals surface area contributed by atoms with Crippen LogP contribution in [0.5, 0.6) is 0 Å². The number of hydrogen-bond donors (Lipinski definition) is 0. The van der Waals surface area contributed by atoms with Crippen molar-refractivity contribution in [1.82, 2.24) is 19.4 Å². The molecule has 7 heteroatoms. The standard InChI is InChI=1S/C24H36N4O2S/c1-2-31(29,30)24-25-19-23(28(24)18-11-21-9-5-3-6-10-21)20-26-16-12-22(13-17-26)27-14-7-4-8-15-27/h3,5-6,9-10,19,22H,2,4,7-8,11-18,20H2,1H3. The second kappa shape index (κ2) is 10.3. The molecule has 0 aliphatic carbocycles. The number of nitrogens with zero attached hydrogens (tertiary/aromatic N) is 4. The van der Waals surface area contributed by atoms with E-state index >= 15 is 0 Å². The highest BCUT2D eigenvalue weighted by Crippen LogP contribution is 2.23. The summed E-state index contributed by atoms with van der Waals surface area (Å²) >= 11 is 0. The van der Waals surface area contributed by atoms with Crippen molar-refractivity contribution in [2.75, 3.05) is 31.9 Å². The molecule has 1 aromatic carbocycles. The molecule has 1 aromatic heterocycles. The molecule has 0 N–H and O–H groups in total. The third-order valence-electron chi connectivity index (χ3n) is 6.88. The van der Waals surface area contributed by atoms with E-state index in [9.17, 15) is 8.42 Å². The third-order valence-corrected chi connectivity index (χ3v) is 8.52. The van der Waals surface area contributed by atoms with Crippen LogP contribution in [0.1, 0.15) is 50.3 Å². The minimum atomic E-state index is -3.35. The molecule has 2 aliphatic rings. The second-order valence-corrected chi connectivity index (χ2v) is 11.1. The topological polar surface area (TPSA) is 58.4 Å². The number of likely N-dealkylation sites (tertiary alicyclic amines) is 2. The summed E-state index contributed by atoms with van der Waals surface area (Å²) in [4.78, 5) is 9.53. The van der Waals surface area contributed by atoms with E-state index in [1.165, 1.54) is 50.8 Å². The van der Waals surface area contributed by atoms with Crippen LogP contribution < -0.4 is 0 Å². The molecule has 31 heavy (non-hydrogen) atoms. The average molecular weight is 445 g/mol. The van der Waals surface area contributed by atoms with Gasteiger partial charge in [-0.1, -0.05) is 43.7 Å². The van der Waals surface area contributed by atoms with Crippen LogP contribution in [0, 0.1) is 0 Å². The molecule has 0 bridgehead atoms. The molecule has 2 saturated heterocycles. The Balaban J connectivity index is 1.44. The Hall–Kier alpha value is -1.70. The van der Waals surface area contributed by atoms with Crippen LogP contribution in [0.25, 0.3) is 0 Å². The van der Waals surface area contributed by atoms with E-state index in [1.807, 2.05) is 22.8 Å². The van der Waals surface area contributed by atoms with Crippen LogP contribution in [-0.4, -0.2) is 65.7 Å². The van der Waals surface area contributed by atoms with Gasteiger partial charge in [-0.3, -0.25) is 4.90 Å². The fourth-order valence-corrected chi connectivity index (χ4v) is 5.99. The number of aryl methyl sites for hydroxylation is 1. The Kier molecular flexibility index (Phi) is 7.46. The maximum Gasteiger partial charge on any atom is 0.227 e. The maximum atomic E-state index is 12.7. The summed E-state index contributed by atoms with van der Waals surface area (Å²) in [5.41, 5.74) is 2.23. The molecular weight excluding hydrogens is 408 g/mol. The summed E-state index contributed by atoms with van der Waals surface area (Å²) in [6.07, 6.45) is 9.06. The first-order chi connectivity index (χ1) is 15.1. The Morgan fingerprint density at radius 1 is 1.00 bits per heavy atom. The Morgan fingerprint density at radius 3 is 2.39 bits per heavy atom. The Labute approximate surface area is 187 Å². The molecule has 3 heterocycles. The van der Waals surface area contributed by atoms with E-state index in [0.29, 0.717) is 6.54 Å². The van der Waals surface area contributed by atoms with Crippen LogP contribution in [0.15, 0.2) is 41.7 Å². The summed E-state index contributed by atoms with van der Waals surface area (Å²) in [5, 5.41) is 0.226. The molecule has 0 unspecified atom stereocenters. The quantitative estimate of drug-likeness (QED) is 0.625. The molecule has 170 valence electrons. The fourth-order valence-electron chi connectivity index (χ4n) is 4.98. The van der Waals surface area contributed by atoms with Crippen LogP contribution in [0.2, 0.25) is 0 Å².